The van der Waals surface area contributed by atoms with Gasteiger partial charge in [0.25, 0.3) is 5.91 Å². The predicted octanol–water partition coefficient (Wildman–Crippen LogP) is 2.34. The first kappa shape index (κ1) is 14.7. The van der Waals surface area contributed by atoms with E-state index in [1.165, 1.54) is 0 Å². The first-order valence-corrected chi connectivity index (χ1v) is 7.78. The Kier molecular flexibility index (Phi) is 3.81. The SMILES string of the molecule is O=C1c2cc([C]3[CH][CH][CH][CH]3)nn2CCN1Cc1ccc(Cl)nc1. The summed E-state index contributed by atoms with van der Waals surface area (Å²) in [5.74, 6) is 1.03. The molecule has 1 fully saturated rings. The van der Waals surface area contributed by atoms with Crippen molar-refractivity contribution in [3.63, 3.8) is 0 Å². The molecule has 1 aliphatic carbocycles. The molecule has 0 saturated heterocycles. The number of hydrogen-bond donors (Lipinski definition) is 0. The van der Waals surface area contributed by atoms with Crippen LogP contribution >= 0.6 is 11.6 Å². The highest BCUT2D eigenvalue weighted by Gasteiger charge is 2.29. The summed E-state index contributed by atoms with van der Waals surface area (Å²) >= 11 is 5.80. The van der Waals surface area contributed by atoms with Crippen molar-refractivity contribution in [2.24, 2.45) is 0 Å². The quantitative estimate of drug-likeness (QED) is 0.814. The summed E-state index contributed by atoms with van der Waals surface area (Å²) in [6, 6.07) is 5.50. The second-order valence-electron chi connectivity index (χ2n) is 5.53. The lowest BCUT2D eigenvalue weighted by Crippen LogP contribution is -2.39. The number of amides is 1. The molecule has 5 radical (unpaired) electrons. The molecule has 0 spiro atoms. The minimum absolute atomic E-state index is 0.00324. The zero-order valence-electron chi connectivity index (χ0n) is 12.3. The molecule has 1 saturated carbocycles. The van der Waals surface area contributed by atoms with Gasteiger partial charge in [0.2, 0.25) is 0 Å². The van der Waals surface area contributed by atoms with E-state index in [2.05, 4.69) is 10.1 Å². The molecule has 1 amide bonds. The summed E-state index contributed by atoms with van der Waals surface area (Å²) < 4.78 is 1.79. The lowest BCUT2D eigenvalue weighted by molar-refractivity contribution is 0.0683. The van der Waals surface area contributed by atoms with Crippen LogP contribution in [0.2, 0.25) is 5.15 Å². The number of pyridine rings is 1. The molecule has 0 bridgehead atoms. The first-order valence-electron chi connectivity index (χ1n) is 7.40. The van der Waals surface area contributed by atoms with E-state index in [0.717, 1.165) is 17.2 Å². The van der Waals surface area contributed by atoms with Gasteiger partial charge in [-0.15, -0.1) is 0 Å². The third-order valence-electron chi connectivity index (χ3n) is 3.99. The molecular formula is C17H14ClN4O. The van der Waals surface area contributed by atoms with Crippen LogP contribution in [0.5, 0.6) is 0 Å². The summed E-state index contributed by atoms with van der Waals surface area (Å²) in [5.41, 5.74) is 2.44. The van der Waals surface area contributed by atoms with Gasteiger partial charge in [-0.1, -0.05) is 17.7 Å². The summed E-state index contributed by atoms with van der Waals surface area (Å²) in [4.78, 5) is 18.6. The highest BCUT2D eigenvalue weighted by Crippen LogP contribution is 2.30. The van der Waals surface area contributed by atoms with Gasteiger partial charge in [-0.3, -0.25) is 9.48 Å². The average molecular weight is 326 g/mol. The van der Waals surface area contributed by atoms with E-state index in [1.54, 1.807) is 16.9 Å². The molecular weight excluding hydrogens is 312 g/mol. The molecule has 115 valence electrons. The van der Waals surface area contributed by atoms with Gasteiger partial charge in [0.05, 0.1) is 12.2 Å². The van der Waals surface area contributed by atoms with Gasteiger partial charge in [-0.2, -0.15) is 5.10 Å². The van der Waals surface area contributed by atoms with E-state index in [9.17, 15) is 4.79 Å². The largest absolute Gasteiger partial charge is 0.331 e. The van der Waals surface area contributed by atoms with Gasteiger partial charge in [0, 0.05) is 25.2 Å². The maximum Gasteiger partial charge on any atom is 0.272 e. The van der Waals surface area contributed by atoms with Crippen LogP contribution in [0, 0.1) is 31.6 Å². The number of carbonyl (C=O) groups excluding carboxylic acids is 1. The second kappa shape index (κ2) is 5.96. The van der Waals surface area contributed by atoms with Gasteiger partial charge >= 0.3 is 0 Å². The molecule has 2 aromatic heterocycles. The van der Waals surface area contributed by atoms with Crippen LogP contribution in [0.15, 0.2) is 24.4 Å². The Morgan fingerprint density at radius 2 is 2.00 bits per heavy atom. The van der Waals surface area contributed by atoms with Crippen LogP contribution < -0.4 is 0 Å². The van der Waals surface area contributed by atoms with Gasteiger partial charge in [-0.25, -0.2) is 4.98 Å². The summed E-state index contributed by atoms with van der Waals surface area (Å²) in [6.45, 7) is 1.86. The molecule has 1 aliphatic heterocycles. The van der Waals surface area contributed by atoms with Crippen molar-refractivity contribution in [3.05, 3.63) is 78.1 Å². The van der Waals surface area contributed by atoms with Crippen molar-refractivity contribution < 1.29 is 4.79 Å². The van der Waals surface area contributed by atoms with Crippen LogP contribution in [0.25, 0.3) is 0 Å². The van der Waals surface area contributed by atoms with E-state index in [4.69, 9.17) is 11.6 Å². The maximum absolute atomic E-state index is 12.7. The minimum Gasteiger partial charge on any atom is -0.331 e. The van der Waals surface area contributed by atoms with E-state index in [1.807, 2.05) is 42.7 Å². The minimum atomic E-state index is -0.00324. The lowest BCUT2D eigenvalue weighted by atomic mass is 10.0. The normalized spacial score (nSPS) is 18.5. The molecule has 0 N–H and O–H groups in total. The zero-order chi connectivity index (χ0) is 15.8. The van der Waals surface area contributed by atoms with E-state index in [0.29, 0.717) is 30.5 Å². The fourth-order valence-electron chi connectivity index (χ4n) is 2.80. The Balaban J connectivity index is 1.53. The number of carbonyl (C=O) groups is 1. The van der Waals surface area contributed by atoms with Crippen LogP contribution in [0.3, 0.4) is 0 Å². The second-order valence-corrected chi connectivity index (χ2v) is 5.91. The van der Waals surface area contributed by atoms with Crippen LogP contribution in [-0.4, -0.2) is 32.1 Å². The van der Waals surface area contributed by atoms with Gasteiger partial charge in [0.1, 0.15) is 10.8 Å². The lowest BCUT2D eigenvalue weighted by Gasteiger charge is -2.27. The molecule has 6 heteroatoms. The van der Waals surface area contributed by atoms with Crippen molar-refractivity contribution in [1.82, 2.24) is 19.7 Å². The van der Waals surface area contributed by atoms with Crippen molar-refractivity contribution in [3.8, 4) is 0 Å². The Bertz CT molecular complexity index is 719. The molecule has 5 nitrogen and oxygen atoms in total. The van der Waals surface area contributed by atoms with Crippen molar-refractivity contribution in [2.45, 2.75) is 13.1 Å². The number of hydrogen-bond acceptors (Lipinski definition) is 3. The highest BCUT2D eigenvalue weighted by molar-refractivity contribution is 6.29. The van der Waals surface area contributed by atoms with Gasteiger partial charge in [-0.05, 0) is 43.4 Å². The average Bonchev–Trinajstić information content (AvgIpc) is 3.21. The Hall–Kier alpha value is -1.88. The maximum atomic E-state index is 12.7. The number of rotatable bonds is 3. The molecule has 0 atom stereocenters. The summed E-state index contributed by atoms with van der Waals surface area (Å²) in [6.07, 6.45) is 9.63. The fourth-order valence-corrected chi connectivity index (χ4v) is 2.91. The number of fused-ring (bicyclic) bond motifs is 1. The molecule has 0 aromatic carbocycles. The topological polar surface area (TPSA) is 51.0 Å². The Morgan fingerprint density at radius 3 is 2.74 bits per heavy atom. The number of halogens is 1. The van der Waals surface area contributed by atoms with Gasteiger partial charge < -0.3 is 4.90 Å². The van der Waals surface area contributed by atoms with E-state index >= 15 is 0 Å². The van der Waals surface area contributed by atoms with Crippen LogP contribution in [0.4, 0.5) is 0 Å². The number of nitrogens with zero attached hydrogens (tertiary/aromatic N) is 4. The number of aromatic nitrogens is 3. The molecule has 23 heavy (non-hydrogen) atoms. The third-order valence-corrected chi connectivity index (χ3v) is 4.21. The first-order chi connectivity index (χ1) is 11.2. The van der Waals surface area contributed by atoms with E-state index in [-0.39, 0.29) is 5.91 Å². The third kappa shape index (κ3) is 2.85. The zero-order valence-corrected chi connectivity index (χ0v) is 13.1. The highest BCUT2D eigenvalue weighted by atomic mass is 35.5. The molecule has 3 heterocycles. The summed E-state index contributed by atoms with van der Waals surface area (Å²) in [7, 11) is 0. The molecule has 2 aromatic rings. The Labute approximate surface area is 140 Å². The molecule has 0 unspecified atom stereocenters. The van der Waals surface area contributed by atoms with Gasteiger partial charge in [0.15, 0.2) is 0 Å². The van der Waals surface area contributed by atoms with Crippen molar-refractivity contribution in [2.75, 3.05) is 6.54 Å². The smallest absolute Gasteiger partial charge is 0.272 e. The Morgan fingerprint density at radius 1 is 1.17 bits per heavy atom. The van der Waals surface area contributed by atoms with Crippen LogP contribution in [-0.2, 0) is 13.1 Å². The van der Waals surface area contributed by atoms with Crippen molar-refractivity contribution in [1.29, 1.82) is 0 Å². The molecule has 4 rings (SSSR count). The summed E-state index contributed by atoms with van der Waals surface area (Å²) in [5, 5.41) is 4.99. The standard InChI is InChI=1S/C17H14ClN4O/c18-16-6-5-12(10-19-16)11-21-7-8-22-15(17(21)23)9-14(20-22)13-3-1-2-4-13/h1-6,9-10H,7-8,11H2. The molecule has 2 aliphatic rings. The fraction of sp³-hybridized carbons (Fsp3) is 0.176. The predicted molar refractivity (Wildman–Crippen MR) is 85.8 cm³/mol. The van der Waals surface area contributed by atoms with Crippen molar-refractivity contribution >= 4 is 17.5 Å². The monoisotopic (exact) mass is 325 g/mol. The van der Waals surface area contributed by atoms with Crippen LogP contribution in [0.1, 0.15) is 21.7 Å². The van der Waals surface area contributed by atoms with E-state index < -0.39 is 0 Å².